The molecule has 1 N–H and O–H groups in total. The Morgan fingerprint density at radius 2 is 1.96 bits per heavy atom. The first-order chi connectivity index (χ1) is 12.7. The summed E-state index contributed by atoms with van der Waals surface area (Å²) in [5, 5.41) is 7.33. The summed E-state index contributed by atoms with van der Waals surface area (Å²) in [5.41, 5.74) is 1.01. The van der Waals surface area contributed by atoms with Gasteiger partial charge in [0.1, 0.15) is 6.04 Å². The minimum Gasteiger partial charge on any atom is -0.340 e. The van der Waals surface area contributed by atoms with Gasteiger partial charge in [0.05, 0.1) is 29.0 Å². The number of benzene rings is 1. The molecule has 1 atom stereocenters. The maximum absolute atomic E-state index is 12.4. The Labute approximate surface area is 162 Å². The summed E-state index contributed by atoms with van der Waals surface area (Å²) in [6.07, 6.45) is 2.95. The van der Waals surface area contributed by atoms with E-state index in [4.69, 9.17) is 11.6 Å². The molecule has 0 radical (unpaired) electrons. The van der Waals surface area contributed by atoms with E-state index in [-0.39, 0.29) is 30.5 Å². The largest absolute Gasteiger partial charge is 0.340 e. The van der Waals surface area contributed by atoms with Crippen LogP contribution in [0.25, 0.3) is 5.69 Å². The van der Waals surface area contributed by atoms with E-state index < -0.39 is 21.8 Å². The molecule has 1 aromatic carbocycles. The number of aromatic nitrogens is 2. The molecule has 144 valence electrons. The Balaban J connectivity index is 1.62. The van der Waals surface area contributed by atoms with E-state index in [1.807, 2.05) is 0 Å². The fourth-order valence-electron chi connectivity index (χ4n) is 2.75. The van der Waals surface area contributed by atoms with Gasteiger partial charge in [0, 0.05) is 24.3 Å². The Kier molecular flexibility index (Phi) is 5.52. The van der Waals surface area contributed by atoms with Crippen LogP contribution in [0.4, 0.5) is 0 Å². The van der Waals surface area contributed by atoms with Crippen molar-refractivity contribution < 1.29 is 18.0 Å². The molecule has 27 heavy (non-hydrogen) atoms. The highest BCUT2D eigenvalue weighted by atomic mass is 35.5. The van der Waals surface area contributed by atoms with Crippen molar-refractivity contribution in [1.29, 1.82) is 0 Å². The molecule has 1 unspecified atom stereocenters. The minimum absolute atomic E-state index is 0.0498. The summed E-state index contributed by atoms with van der Waals surface area (Å²) >= 11 is 5.96. The van der Waals surface area contributed by atoms with Crippen LogP contribution in [-0.4, -0.2) is 65.5 Å². The van der Waals surface area contributed by atoms with Gasteiger partial charge >= 0.3 is 0 Å². The zero-order chi connectivity index (χ0) is 19.6. The second-order valence-corrected chi connectivity index (χ2v) is 9.07. The number of sulfone groups is 1. The third-order valence-electron chi connectivity index (χ3n) is 4.29. The van der Waals surface area contributed by atoms with Crippen molar-refractivity contribution in [2.45, 2.75) is 13.0 Å². The number of carbonyl (C=O) groups is 2. The number of nitrogens with zero attached hydrogens (tertiary/aromatic N) is 3. The van der Waals surface area contributed by atoms with Gasteiger partial charge in [0.15, 0.2) is 9.84 Å². The molecule has 0 aliphatic carbocycles. The molecule has 8 nitrogen and oxygen atoms in total. The second kappa shape index (κ2) is 7.69. The van der Waals surface area contributed by atoms with E-state index in [2.05, 4.69) is 10.4 Å². The number of nitrogens with one attached hydrogen (secondary N) is 1. The van der Waals surface area contributed by atoms with Gasteiger partial charge in [-0.1, -0.05) is 17.7 Å². The summed E-state index contributed by atoms with van der Waals surface area (Å²) in [7, 11) is -3.07. The molecular weight excluding hydrogens is 392 g/mol. The van der Waals surface area contributed by atoms with Crippen molar-refractivity contribution in [3.8, 4) is 5.69 Å². The van der Waals surface area contributed by atoms with Crippen molar-refractivity contribution in [3.63, 3.8) is 0 Å². The van der Waals surface area contributed by atoms with E-state index in [1.165, 1.54) is 15.8 Å². The number of hydrogen-bond acceptors (Lipinski definition) is 5. The van der Waals surface area contributed by atoms with Gasteiger partial charge in [0.25, 0.3) is 5.91 Å². The van der Waals surface area contributed by atoms with Crippen molar-refractivity contribution in [2.75, 3.05) is 24.6 Å². The van der Waals surface area contributed by atoms with E-state index in [1.54, 1.807) is 37.4 Å². The van der Waals surface area contributed by atoms with Crippen LogP contribution >= 0.6 is 11.6 Å². The van der Waals surface area contributed by atoms with Crippen LogP contribution in [0, 0.1) is 0 Å². The Morgan fingerprint density at radius 3 is 2.63 bits per heavy atom. The van der Waals surface area contributed by atoms with Crippen LogP contribution in [0.5, 0.6) is 0 Å². The van der Waals surface area contributed by atoms with Gasteiger partial charge in [-0.2, -0.15) is 5.10 Å². The summed E-state index contributed by atoms with van der Waals surface area (Å²) < 4.78 is 24.4. The fourth-order valence-corrected chi connectivity index (χ4v) is 4.13. The average Bonchev–Trinajstić information content (AvgIpc) is 3.11. The van der Waals surface area contributed by atoms with Crippen molar-refractivity contribution >= 4 is 33.3 Å². The predicted molar refractivity (Wildman–Crippen MR) is 101 cm³/mol. The van der Waals surface area contributed by atoms with Gasteiger partial charge < -0.3 is 10.2 Å². The number of halogens is 1. The van der Waals surface area contributed by atoms with E-state index >= 15 is 0 Å². The Hall–Kier alpha value is -2.39. The van der Waals surface area contributed by atoms with Crippen LogP contribution in [0.3, 0.4) is 0 Å². The summed E-state index contributed by atoms with van der Waals surface area (Å²) in [4.78, 5) is 26.3. The van der Waals surface area contributed by atoms with Gasteiger partial charge in [0.2, 0.25) is 5.91 Å². The lowest BCUT2D eigenvalue weighted by molar-refractivity contribution is -0.132. The third kappa shape index (κ3) is 4.67. The van der Waals surface area contributed by atoms with Crippen LogP contribution in [0.2, 0.25) is 5.02 Å². The Bertz CT molecular complexity index is 959. The number of amides is 2. The maximum Gasteiger partial charge on any atom is 0.255 e. The number of hydrogen-bond donors (Lipinski definition) is 1. The zero-order valence-corrected chi connectivity index (χ0v) is 16.2. The first-order valence-electron chi connectivity index (χ1n) is 8.36. The molecule has 2 heterocycles. The van der Waals surface area contributed by atoms with E-state index in [0.29, 0.717) is 16.3 Å². The van der Waals surface area contributed by atoms with Crippen molar-refractivity contribution in [2.24, 2.45) is 0 Å². The van der Waals surface area contributed by atoms with E-state index in [0.717, 1.165) is 0 Å². The molecule has 1 fully saturated rings. The third-order valence-corrected chi connectivity index (χ3v) is 6.14. The highest BCUT2D eigenvalue weighted by molar-refractivity contribution is 7.91. The van der Waals surface area contributed by atoms with Gasteiger partial charge in [-0.3, -0.25) is 9.59 Å². The quantitative estimate of drug-likeness (QED) is 0.806. The van der Waals surface area contributed by atoms with Crippen LogP contribution in [-0.2, 0) is 14.6 Å². The molecule has 1 saturated heterocycles. The van der Waals surface area contributed by atoms with E-state index in [9.17, 15) is 18.0 Å². The van der Waals surface area contributed by atoms with Gasteiger partial charge in [-0.15, -0.1) is 0 Å². The zero-order valence-electron chi connectivity index (χ0n) is 14.6. The molecule has 0 saturated carbocycles. The lowest BCUT2D eigenvalue weighted by Crippen LogP contribution is -2.51. The van der Waals surface area contributed by atoms with Crippen molar-refractivity contribution in [1.82, 2.24) is 20.0 Å². The minimum atomic E-state index is -3.07. The predicted octanol–water partition coefficient (Wildman–Crippen LogP) is 0.901. The van der Waals surface area contributed by atoms with Crippen LogP contribution in [0.15, 0.2) is 36.7 Å². The average molecular weight is 411 g/mol. The number of rotatable bonds is 4. The monoisotopic (exact) mass is 410 g/mol. The van der Waals surface area contributed by atoms with Gasteiger partial charge in [-0.05, 0) is 25.1 Å². The lowest BCUT2D eigenvalue weighted by atomic mass is 10.2. The molecular formula is C17H19ClN4O4S. The molecule has 1 aromatic heterocycles. The number of carbonyl (C=O) groups excluding carboxylic acids is 2. The standard InChI is InChI=1S/C17H19ClN4O4S/c1-12(17(24)21-5-7-27(25,26)8-6-21)20-16(23)13-10-19-22(11-13)15-4-2-3-14(18)9-15/h2-4,9-12H,5-8H2,1H3,(H,20,23). The van der Waals surface area contributed by atoms with Crippen molar-refractivity contribution in [3.05, 3.63) is 47.2 Å². The topological polar surface area (TPSA) is 101 Å². The SMILES string of the molecule is CC(NC(=O)c1cnn(-c2cccc(Cl)c2)c1)C(=O)N1CCS(=O)(=O)CC1. The second-order valence-electron chi connectivity index (χ2n) is 6.33. The first kappa shape index (κ1) is 19.4. The maximum atomic E-state index is 12.4. The first-order valence-corrected chi connectivity index (χ1v) is 10.6. The fraction of sp³-hybridized carbons (Fsp3) is 0.353. The summed E-state index contributed by atoms with van der Waals surface area (Å²) in [6.45, 7) is 1.87. The summed E-state index contributed by atoms with van der Waals surface area (Å²) in [6, 6.07) is 6.26. The molecule has 3 rings (SSSR count). The molecule has 10 heteroatoms. The normalized spacial score (nSPS) is 17.3. The summed E-state index contributed by atoms with van der Waals surface area (Å²) in [5.74, 6) is -0.841. The molecule has 1 aliphatic heterocycles. The highest BCUT2D eigenvalue weighted by Crippen LogP contribution is 2.15. The smallest absolute Gasteiger partial charge is 0.255 e. The Morgan fingerprint density at radius 1 is 1.26 bits per heavy atom. The molecule has 2 amide bonds. The van der Waals surface area contributed by atoms with Gasteiger partial charge in [-0.25, -0.2) is 13.1 Å². The van der Waals surface area contributed by atoms with Crippen LogP contribution < -0.4 is 5.32 Å². The highest BCUT2D eigenvalue weighted by Gasteiger charge is 2.28. The molecule has 2 aromatic rings. The van der Waals surface area contributed by atoms with Crippen LogP contribution in [0.1, 0.15) is 17.3 Å². The molecule has 0 bridgehead atoms. The molecule has 0 spiro atoms. The molecule has 1 aliphatic rings. The lowest BCUT2D eigenvalue weighted by Gasteiger charge is -2.29.